The molecule has 2 aromatic rings. The van der Waals surface area contributed by atoms with Crippen LogP contribution in [0.4, 0.5) is 23.7 Å². The molecule has 2 heterocycles. The maximum absolute atomic E-state index is 13.9. The maximum Gasteiger partial charge on any atom is 0.322 e. The van der Waals surface area contributed by atoms with Crippen LogP contribution in [-0.2, 0) is 4.74 Å². The smallest absolute Gasteiger partial charge is 0.322 e. The number of nitrogens with one attached hydrogen (secondary N) is 1. The van der Waals surface area contributed by atoms with Gasteiger partial charge in [-0.2, -0.15) is 4.98 Å². The number of amides is 2. The van der Waals surface area contributed by atoms with Gasteiger partial charge in [-0.15, -0.1) is 0 Å². The van der Waals surface area contributed by atoms with E-state index in [-0.39, 0.29) is 25.0 Å². The van der Waals surface area contributed by atoms with Crippen molar-refractivity contribution < 1.29 is 27.2 Å². The van der Waals surface area contributed by atoms with Crippen LogP contribution in [0, 0.1) is 17.5 Å². The van der Waals surface area contributed by atoms with Crippen molar-refractivity contribution >= 4 is 11.7 Å². The molecule has 0 unspecified atom stereocenters. The minimum Gasteiger partial charge on any atom is -0.374 e. The van der Waals surface area contributed by atoms with Gasteiger partial charge in [-0.05, 0) is 19.8 Å². The van der Waals surface area contributed by atoms with Gasteiger partial charge in [-0.1, -0.05) is 5.16 Å². The van der Waals surface area contributed by atoms with Gasteiger partial charge in [0.15, 0.2) is 17.5 Å². The summed E-state index contributed by atoms with van der Waals surface area (Å²) >= 11 is 0. The third kappa shape index (κ3) is 3.48. The van der Waals surface area contributed by atoms with E-state index in [0.717, 1.165) is 12.8 Å². The van der Waals surface area contributed by atoms with Crippen LogP contribution >= 0.6 is 0 Å². The van der Waals surface area contributed by atoms with Crippen LogP contribution < -0.4 is 5.32 Å². The van der Waals surface area contributed by atoms with Crippen molar-refractivity contribution in [3.63, 3.8) is 0 Å². The quantitative estimate of drug-likeness (QED) is 0.824. The molecule has 0 radical (unpaired) electrons. The molecule has 27 heavy (non-hydrogen) atoms. The highest BCUT2D eigenvalue weighted by Crippen LogP contribution is 2.39. The predicted octanol–water partition coefficient (Wildman–Crippen LogP) is 3.36. The molecule has 7 nitrogen and oxygen atoms in total. The number of hydrogen-bond donors (Lipinski definition) is 1. The number of aromatic nitrogens is 2. The molecule has 2 amide bonds. The average Bonchev–Trinajstić information content (AvgIpc) is 3.37. The molecule has 1 aliphatic carbocycles. The van der Waals surface area contributed by atoms with Crippen molar-refractivity contribution in [2.75, 3.05) is 18.5 Å². The molecule has 10 heteroatoms. The lowest BCUT2D eigenvalue weighted by atomic mass is 10.1. The zero-order valence-corrected chi connectivity index (χ0v) is 14.4. The summed E-state index contributed by atoms with van der Waals surface area (Å²) in [6, 6.07) is -0.319. The molecule has 1 saturated heterocycles. The van der Waals surface area contributed by atoms with Gasteiger partial charge in [0.1, 0.15) is 11.9 Å². The second kappa shape index (κ2) is 6.84. The first-order chi connectivity index (χ1) is 12.9. The van der Waals surface area contributed by atoms with E-state index in [1.54, 1.807) is 6.92 Å². The Bertz CT molecular complexity index is 871. The summed E-state index contributed by atoms with van der Waals surface area (Å²) in [7, 11) is 0. The van der Waals surface area contributed by atoms with Crippen molar-refractivity contribution in [3.8, 4) is 0 Å². The van der Waals surface area contributed by atoms with E-state index in [4.69, 9.17) is 9.26 Å². The summed E-state index contributed by atoms with van der Waals surface area (Å²) in [5.41, 5.74) is -0.584. The molecular weight excluding hydrogens is 365 g/mol. The minimum absolute atomic E-state index is 0.168. The highest BCUT2D eigenvalue weighted by molar-refractivity contribution is 5.89. The van der Waals surface area contributed by atoms with Crippen LogP contribution in [0.1, 0.15) is 43.4 Å². The molecule has 1 aromatic heterocycles. The number of carbonyl (C=O) groups is 1. The largest absolute Gasteiger partial charge is 0.374 e. The fourth-order valence-corrected chi connectivity index (χ4v) is 3.09. The fraction of sp³-hybridized carbons (Fsp3) is 0.471. The standard InChI is InChI=1S/C17H17F3N4O3/c1-8-14(16-22-15(23-27-16)9-2-3-9)24(4-5-26-8)17(25)21-12-7-10(18)6-11(19)13(12)20/h6-9,14H,2-5H2,1H3,(H,21,25)/t8-,14+/m1/s1. The van der Waals surface area contributed by atoms with Crippen molar-refractivity contribution in [2.24, 2.45) is 0 Å². The van der Waals surface area contributed by atoms with Gasteiger partial charge in [0.05, 0.1) is 18.4 Å². The number of morpholine rings is 1. The van der Waals surface area contributed by atoms with Gasteiger partial charge >= 0.3 is 6.03 Å². The molecule has 0 bridgehead atoms. The SMILES string of the molecule is C[C@H]1OCCN(C(=O)Nc2cc(F)cc(F)c2F)[C@@H]1c1nc(C2CC2)no1. The van der Waals surface area contributed by atoms with Gasteiger partial charge in [0, 0.05) is 24.6 Å². The van der Waals surface area contributed by atoms with Crippen LogP contribution in [0.5, 0.6) is 0 Å². The second-order valence-electron chi connectivity index (χ2n) is 6.66. The van der Waals surface area contributed by atoms with E-state index >= 15 is 0 Å². The summed E-state index contributed by atoms with van der Waals surface area (Å²) in [4.78, 5) is 18.4. The summed E-state index contributed by atoms with van der Waals surface area (Å²) in [6.45, 7) is 2.16. The van der Waals surface area contributed by atoms with E-state index in [2.05, 4.69) is 15.5 Å². The molecule has 1 aliphatic heterocycles. The van der Waals surface area contributed by atoms with Crippen LogP contribution in [0.2, 0.25) is 0 Å². The molecule has 1 saturated carbocycles. The number of ether oxygens (including phenoxy) is 1. The number of halogens is 3. The predicted molar refractivity (Wildman–Crippen MR) is 86.5 cm³/mol. The van der Waals surface area contributed by atoms with E-state index in [9.17, 15) is 18.0 Å². The Hall–Kier alpha value is -2.62. The lowest BCUT2D eigenvalue weighted by molar-refractivity contribution is -0.0525. The molecule has 144 valence electrons. The summed E-state index contributed by atoms with van der Waals surface area (Å²) < 4.78 is 51.5. The third-order valence-electron chi connectivity index (χ3n) is 4.64. The van der Waals surface area contributed by atoms with Crippen molar-refractivity contribution in [1.82, 2.24) is 15.0 Å². The number of rotatable bonds is 3. The molecule has 0 spiro atoms. The number of nitrogens with zero attached hydrogens (tertiary/aromatic N) is 3. The minimum atomic E-state index is -1.39. The Morgan fingerprint density at radius 2 is 2.07 bits per heavy atom. The second-order valence-corrected chi connectivity index (χ2v) is 6.66. The fourth-order valence-electron chi connectivity index (χ4n) is 3.09. The number of urea groups is 1. The van der Waals surface area contributed by atoms with E-state index in [1.165, 1.54) is 4.90 Å². The van der Waals surface area contributed by atoms with Crippen molar-refractivity contribution in [1.29, 1.82) is 0 Å². The first-order valence-corrected chi connectivity index (χ1v) is 8.61. The number of carbonyl (C=O) groups excluding carboxylic acids is 1. The van der Waals surface area contributed by atoms with Gasteiger partial charge in [0.2, 0.25) is 0 Å². The van der Waals surface area contributed by atoms with Gasteiger partial charge < -0.3 is 19.5 Å². The summed E-state index contributed by atoms with van der Waals surface area (Å²) in [6.07, 6.45) is 1.53. The van der Waals surface area contributed by atoms with E-state index in [1.807, 2.05) is 0 Å². The molecule has 2 fully saturated rings. The Labute approximate surface area is 152 Å². The van der Waals surface area contributed by atoms with E-state index < -0.39 is 41.3 Å². The zero-order valence-electron chi connectivity index (χ0n) is 14.4. The molecule has 1 N–H and O–H groups in total. The number of anilines is 1. The maximum atomic E-state index is 13.9. The topological polar surface area (TPSA) is 80.5 Å². The lowest BCUT2D eigenvalue weighted by Gasteiger charge is -2.37. The van der Waals surface area contributed by atoms with Crippen LogP contribution in [0.25, 0.3) is 0 Å². The average molecular weight is 382 g/mol. The molecule has 2 atom stereocenters. The van der Waals surface area contributed by atoms with Crippen LogP contribution in [0.3, 0.4) is 0 Å². The third-order valence-corrected chi connectivity index (χ3v) is 4.64. The van der Waals surface area contributed by atoms with Gasteiger partial charge in [-0.25, -0.2) is 18.0 Å². The lowest BCUT2D eigenvalue weighted by Crippen LogP contribution is -2.49. The van der Waals surface area contributed by atoms with Gasteiger partial charge in [0.25, 0.3) is 5.89 Å². The molecular formula is C17H17F3N4O3. The van der Waals surface area contributed by atoms with Crippen LogP contribution in [0.15, 0.2) is 16.7 Å². The first-order valence-electron chi connectivity index (χ1n) is 8.61. The highest BCUT2D eigenvalue weighted by atomic mass is 19.2. The van der Waals surface area contributed by atoms with Crippen LogP contribution in [-0.4, -0.2) is 40.3 Å². The normalized spacial score (nSPS) is 22.7. The molecule has 2 aliphatic rings. The number of benzene rings is 1. The van der Waals surface area contributed by atoms with Crippen molar-refractivity contribution in [3.05, 3.63) is 41.3 Å². The Kier molecular flexibility index (Phi) is 4.50. The highest BCUT2D eigenvalue weighted by Gasteiger charge is 2.39. The van der Waals surface area contributed by atoms with Gasteiger partial charge in [-0.3, -0.25) is 0 Å². The Morgan fingerprint density at radius 1 is 1.30 bits per heavy atom. The van der Waals surface area contributed by atoms with Crippen molar-refractivity contribution in [2.45, 2.75) is 37.8 Å². The Morgan fingerprint density at radius 3 is 2.81 bits per heavy atom. The zero-order chi connectivity index (χ0) is 19.1. The molecule has 4 rings (SSSR count). The summed E-state index contributed by atoms with van der Waals surface area (Å²) in [5, 5.41) is 6.15. The Balaban J connectivity index is 1.58. The monoisotopic (exact) mass is 382 g/mol. The molecule has 1 aromatic carbocycles. The summed E-state index contributed by atoms with van der Waals surface area (Å²) in [5.74, 6) is -2.65. The number of hydrogen-bond acceptors (Lipinski definition) is 5. The first kappa shape index (κ1) is 17.8. The van der Waals surface area contributed by atoms with E-state index in [0.29, 0.717) is 18.0 Å².